The Hall–Kier alpha value is -1.30. The number of likely N-dealkylation sites (N-methyl/N-ethyl adjacent to an activating group) is 1. The molecule has 1 aromatic carbocycles. The molecule has 1 aromatic rings. The number of methoxy groups -OCH3 is 1. The van der Waals surface area contributed by atoms with Gasteiger partial charge in [0.15, 0.2) is 0 Å². The van der Waals surface area contributed by atoms with Crippen LogP contribution in [0.4, 0.5) is 5.69 Å². The third kappa shape index (κ3) is 5.91. The van der Waals surface area contributed by atoms with E-state index in [2.05, 4.69) is 5.32 Å². The van der Waals surface area contributed by atoms with Crippen molar-refractivity contribution in [2.24, 2.45) is 0 Å². The van der Waals surface area contributed by atoms with Crippen molar-refractivity contribution in [3.05, 3.63) is 23.2 Å². The van der Waals surface area contributed by atoms with Gasteiger partial charge in [-0.1, -0.05) is 11.6 Å². The number of anilines is 1. The maximum Gasteiger partial charge on any atom is 0.238 e. The second-order valence-corrected chi connectivity index (χ2v) is 5.46. The second-order valence-electron chi connectivity index (χ2n) is 5.02. The molecule has 1 atom stereocenters. The van der Waals surface area contributed by atoms with Crippen LogP contribution in [-0.4, -0.2) is 49.3 Å². The SMILES string of the molecule is COc1ccc(Cl)cc1NC(=O)CN(C)[C@H](C)CCCO. The molecule has 0 spiro atoms. The summed E-state index contributed by atoms with van der Waals surface area (Å²) in [5, 5.41) is 12.2. The van der Waals surface area contributed by atoms with Gasteiger partial charge < -0.3 is 15.2 Å². The van der Waals surface area contributed by atoms with Crippen LogP contribution in [0.15, 0.2) is 18.2 Å². The number of aliphatic hydroxyl groups is 1. The Morgan fingerprint density at radius 1 is 1.52 bits per heavy atom. The smallest absolute Gasteiger partial charge is 0.238 e. The van der Waals surface area contributed by atoms with E-state index in [9.17, 15) is 4.79 Å². The lowest BCUT2D eigenvalue weighted by molar-refractivity contribution is -0.117. The molecule has 2 N–H and O–H groups in total. The van der Waals surface area contributed by atoms with Gasteiger partial charge in [0.2, 0.25) is 5.91 Å². The highest BCUT2D eigenvalue weighted by Gasteiger charge is 2.14. The summed E-state index contributed by atoms with van der Waals surface area (Å²) in [6.45, 7) is 2.47. The summed E-state index contributed by atoms with van der Waals surface area (Å²) < 4.78 is 5.19. The maximum atomic E-state index is 12.1. The molecule has 0 aromatic heterocycles. The molecule has 0 radical (unpaired) electrons. The monoisotopic (exact) mass is 314 g/mol. The number of halogens is 1. The maximum absolute atomic E-state index is 12.1. The van der Waals surface area contributed by atoms with E-state index in [4.69, 9.17) is 21.4 Å². The predicted octanol–water partition coefficient (Wildman–Crippen LogP) is 2.38. The van der Waals surface area contributed by atoms with E-state index < -0.39 is 0 Å². The molecule has 0 heterocycles. The third-order valence-corrected chi connectivity index (χ3v) is 3.60. The van der Waals surface area contributed by atoms with Gasteiger partial charge in [0, 0.05) is 17.7 Å². The fraction of sp³-hybridized carbons (Fsp3) is 0.533. The number of ether oxygens (including phenoxy) is 1. The molecule has 1 amide bonds. The van der Waals surface area contributed by atoms with Crippen molar-refractivity contribution >= 4 is 23.2 Å². The normalized spacial score (nSPS) is 12.3. The van der Waals surface area contributed by atoms with Gasteiger partial charge in [0.05, 0.1) is 19.3 Å². The van der Waals surface area contributed by atoms with Crippen LogP contribution < -0.4 is 10.1 Å². The van der Waals surface area contributed by atoms with Gasteiger partial charge >= 0.3 is 0 Å². The fourth-order valence-electron chi connectivity index (χ4n) is 1.96. The number of amides is 1. The van der Waals surface area contributed by atoms with E-state index in [0.717, 1.165) is 12.8 Å². The topological polar surface area (TPSA) is 61.8 Å². The molecular formula is C15H23ClN2O3. The molecule has 118 valence electrons. The Labute approximate surface area is 130 Å². The number of aliphatic hydroxyl groups excluding tert-OH is 1. The van der Waals surface area contributed by atoms with Crippen LogP contribution in [-0.2, 0) is 4.79 Å². The quantitative estimate of drug-likeness (QED) is 0.773. The minimum absolute atomic E-state index is 0.131. The van der Waals surface area contributed by atoms with Crippen LogP contribution in [0.25, 0.3) is 0 Å². The second kappa shape index (κ2) is 8.87. The molecule has 0 bridgehead atoms. The van der Waals surface area contributed by atoms with Crippen LogP contribution in [0.1, 0.15) is 19.8 Å². The number of benzene rings is 1. The first-order valence-electron chi connectivity index (χ1n) is 6.92. The Bertz CT molecular complexity index is 468. The summed E-state index contributed by atoms with van der Waals surface area (Å²) in [7, 11) is 3.43. The van der Waals surface area contributed by atoms with E-state index in [0.29, 0.717) is 16.5 Å². The molecule has 0 aliphatic rings. The average molecular weight is 315 g/mol. The van der Waals surface area contributed by atoms with Crippen LogP contribution in [0.2, 0.25) is 5.02 Å². The first kappa shape index (κ1) is 17.8. The van der Waals surface area contributed by atoms with Gasteiger partial charge in [-0.2, -0.15) is 0 Å². The Kier molecular flexibility index (Phi) is 7.50. The van der Waals surface area contributed by atoms with E-state index >= 15 is 0 Å². The fourth-order valence-corrected chi connectivity index (χ4v) is 2.13. The highest BCUT2D eigenvalue weighted by Crippen LogP contribution is 2.27. The van der Waals surface area contributed by atoms with Crippen LogP contribution in [0, 0.1) is 0 Å². The predicted molar refractivity (Wildman–Crippen MR) is 85.0 cm³/mol. The summed E-state index contributed by atoms with van der Waals surface area (Å²) in [5.41, 5.74) is 0.561. The zero-order valence-electron chi connectivity index (χ0n) is 12.7. The summed E-state index contributed by atoms with van der Waals surface area (Å²) in [5.74, 6) is 0.442. The molecule has 0 saturated carbocycles. The number of nitrogens with zero attached hydrogens (tertiary/aromatic N) is 1. The lowest BCUT2D eigenvalue weighted by Gasteiger charge is -2.24. The molecule has 0 aliphatic heterocycles. The first-order chi connectivity index (χ1) is 9.97. The molecule has 0 saturated heterocycles. The average Bonchev–Trinajstić information content (AvgIpc) is 2.44. The van der Waals surface area contributed by atoms with Crippen LogP contribution in [0.3, 0.4) is 0 Å². The molecular weight excluding hydrogens is 292 g/mol. The van der Waals surface area contributed by atoms with Gasteiger partial charge in [-0.25, -0.2) is 0 Å². The highest BCUT2D eigenvalue weighted by molar-refractivity contribution is 6.31. The highest BCUT2D eigenvalue weighted by atomic mass is 35.5. The molecule has 0 fully saturated rings. The zero-order valence-corrected chi connectivity index (χ0v) is 13.5. The molecule has 21 heavy (non-hydrogen) atoms. The summed E-state index contributed by atoms with van der Waals surface area (Å²) in [6, 6.07) is 5.31. The minimum Gasteiger partial charge on any atom is -0.495 e. The van der Waals surface area contributed by atoms with Gasteiger partial charge in [-0.3, -0.25) is 9.69 Å². The van der Waals surface area contributed by atoms with Crippen LogP contribution in [0.5, 0.6) is 5.75 Å². The molecule has 6 heteroatoms. The van der Waals surface area contributed by atoms with Crippen molar-refractivity contribution in [3.63, 3.8) is 0 Å². The lowest BCUT2D eigenvalue weighted by atomic mass is 10.1. The summed E-state index contributed by atoms with van der Waals surface area (Å²) >= 11 is 5.93. The van der Waals surface area contributed by atoms with Crippen molar-refractivity contribution in [2.45, 2.75) is 25.8 Å². The number of carbonyl (C=O) groups excluding carboxylic acids is 1. The number of nitrogens with one attached hydrogen (secondary N) is 1. The number of carbonyl (C=O) groups is 1. The molecule has 0 unspecified atom stereocenters. The van der Waals surface area contributed by atoms with E-state index in [1.807, 2.05) is 18.9 Å². The molecule has 0 aliphatic carbocycles. The van der Waals surface area contributed by atoms with E-state index in [-0.39, 0.29) is 25.1 Å². The Balaban J connectivity index is 2.59. The van der Waals surface area contributed by atoms with Crippen molar-refractivity contribution in [1.29, 1.82) is 0 Å². The summed E-state index contributed by atoms with van der Waals surface area (Å²) in [4.78, 5) is 14.0. The Morgan fingerprint density at radius 3 is 2.86 bits per heavy atom. The largest absolute Gasteiger partial charge is 0.495 e. The lowest BCUT2D eigenvalue weighted by Crippen LogP contribution is -2.36. The van der Waals surface area contributed by atoms with Crippen molar-refractivity contribution in [2.75, 3.05) is 32.6 Å². The minimum atomic E-state index is -0.131. The van der Waals surface area contributed by atoms with Crippen molar-refractivity contribution < 1.29 is 14.6 Å². The van der Waals surface area contributed by atoms with E-state index in [1.165, 1.54) is 0 Å². The third-order valence-electron chi connectivity index (χ3n) is 3.36. The first-order valence-corrected chi connectivity index (χ1v) is 7.30. The Morgan fingerprint density at radius 2 is 2.24 bits per heavy atom. The van der Waals surface area contributed by atoms with Gasteiger partial charge in [0.25, 0.3) is 0 Å². The van der Waals surface area contributed by atoms with Gasteiger partial charge in [0.1, 0.15) is 5.75 Å². The molecule has 5 nitrogen and oxygen atoms in total. The van der Waals surface area contributed by atoms with Crippen molar-refractivity contribution in [1.82, 2.24) is 4.90 Å². The zero-order chi connectivity index (χ0) is 15.8. The number of hydrogen-bond acceptors (Lipinski definition) is 4. The summed E-state index contributed by atoms with van der Waals surface area (Å²) in [6.07, 6.45) is 1.58. The molecule has 1 rings (SSSR count). The van der Waals surface area contributed by atoms with Crippen molar-refractivity contribution in [3.8, 4) is 5.75 Å². The van der Waals surface area contributed by atoms with Gasteiger partial charge in [-0.15, -0.1) is 0 Å². The number of rotatable bonds is 8. The van der Waals surface area contributed by atoms with E-state index in [1.54, 1.807) is 25.3 Å². The van der Waals surface area contributed by atoms with Gasteiger partial charge in [-0.05, 0) is 45.0 Å². The van der Waals surface area contributed by atoms with Crippen LogP contribution >= 0.6 is 11.6 Å². The standard InChI is InChI=1S/C15H23ClN2O3/c1-11(5-4-8-19)18(2)10-15(20)17-13-9-12(16)6-7-14(13)21-3/h6-7,9,11,19H,4-5,8,10H2,1-3H3,(H,17,20)/t11-/m1/s1. The number of hydrogen-bond donors (Lipinski definition) is 2.